The van der Waals surface area contributed by atoms with Crippen molar-refractivity contribution in [2.45, 2.75) is 57.6 Å². The molecule has 10 heteroatoms. The summed E-state index contributed by atoms with van der Waals surface area (Å²) in [7, 11) is -0.287. The summed E-state index contributed by atoms with van der Waals surface area (Å²) in [6.45, 7) is 11.8. The number of guanidine groups is 1. The second-order valence-electron chi connectivity index (χ2n) is 7.67. The molecule has 3 N–H and O–H groups in total. The maximum Gasteiger partial charge on any atom is 0.240 e. The van der Waals surface area contributed by atoms with Crippen molar-refractivity contribution < 1.29 is 13.2 Å². The van der Waals surface area contributed by atoms with E-state index in [2.05, 4.69) is 52.9 Å². The van der Waals surface area contributed by atoms with Crippen molar-refractivity contribution in [3.63, 3.8) is 0 Å². The Balaban J connectivity index is 0.00000900. The van der Waals surface area contributed by atoms with E-state index in [1.807, 2.05) is 6.07 Å². The maximum atomic E-state index is 12.4. The first-order valence-electron chi connectivity index (χ1n) is 10.5. The largest absolute Gasteiger partial charge is 0.383 e. The third-order valence-electron chi connectivity index (χ3n) is 4.70. The lowest BCUT2D eigenvalue weighted by atomic mass is 10.2. The van der Waals surface area contributed by atoms with Gasteiger partial charge in [0.05, 0.1) is 11.5 Å². The Hall–Kier alpha value is -0.950. The van der Waals surface area contributed by atoms with Crippen molar-refractivity contribution in [3.8, 4) is 0 Å². The predicted octanol–water partition coefficient (Wildman–Crippen LogP) is 2.40. The van der Waals surface area contributed by atoms with E-state index in [0.29, 0.717) is 31.2 Å². The van der Waals surface area contributed by atoms with Gasteiger partial charge in [0.25, 0.3) is 0 Å². The van der Waals surface area contributed by atoms with Crippen molar-refractivity contribution >= 4 is 40.0 Å². The molecule has 8 nitrogen and oxygen atoms in total. The number of halogens is 1. The third kappa shape index (κ3) is 11.5. The number of benzene rings is 1. The smallest absolute Gasteiger partial charge is 0.240 e. The van der Waals surface area contributed by atoms with Gasteiger partial charge in [-0.2, -0.15) is 0 Å². The Labute approximate surface area is 205 Å². The summed E-state index contributed by atoms with van der Waals surface area (Å²) in [5, 5.41) is 6.56. The van der Waals surface area contributed by atoms with Crippen LogP contribution in [0.4, 0.5) is 0 Å². The maximum absolute atomic E-state index is 12.4. The van der Waals surface area contributed by atoms with Crippen molar-refractivity contribution in [2.75, 3.05) is 40.4 Å². The molecule has 0 bridgehead atoms. The summed E-state index contributed by atoms with van der Waals surface area (Å²) >= 11 is 0. The molecule has 0 saturated heterocycles. The molecule has 0 spiro atoms. The van der Waals surface area contributed by atoms with Crippen LogP contribution in [-0.2, 0) is 21.3 Å². The van der Waals surface area contributed by atoms with E-state index >= 15 is 0 Å². The lowest BCUT2D eigenvalue weighted by Crippen LogP contribution is -2.41. The van der Waals surface area contributed by atoms with Crippen LogP contribution in [0.15, 0.2) is 34.2 Å². The predicted molar refractivity (Wildman–Crippen MR) is 139 cm³/mol. The van der Waals surface area contributed by atoms with Gasteiger partial charge in [-0.25, -0.2) is 13.1 Å². The monoisotopic (exact) mass is 569 g/mol. The van der Waals surface area contributed by atoms with Crippen LogP contribution < -0.4 is 15.4 Å². The van der Waals surface area contributed by atoms with Crippen LogP contribution in [0.5, 0.6) is 0 Å². The Kier molecular flexibility index (Phi) is 15.3. The second kappa shape index (κ2) is 15.8. The molecule has 0 aromatic heterocycles. The average Bonchev–Trinajstić information content (AvgIpc) is 2.69. The molecular weight excluding hydrogens is 529 g/mol. The lowest BCUT2D eigenvalue weighted by Gasteiger charge is -2.30. The van der Waals surface area contributed by atoms with Crippen LogP contribution in [0.3, 0.4) is 0 Å². The number of ether oxygens (including phenoxy) is 1. The summed E-state index contributed by atoms with van der Waals surface area (Å²) in [5.41, 5.74) is 0.860. The molecule has 0 amide bonds. The van der Waals surface area contributed by atoms with Crippen molar-refractivity contribution in [3.05, 3.63) is 29.8 Å². The number of hydrogen-bond donors (Lipinski definition) is 3. The Bertz CT molecular complexity index is 749. The number of aliphatic imine (C=N–C) groups is 1. The SMILES string of the molecule is CN=C(NCCCN(C(C)C)C(C)C)NCc1cccc(S(=O)(=O)NCCOC)c1.I. The van der Waals surface area contributed by atoms with Gasteiger partial charge in [-0.15, -0.1) is 24.0 Å². The third-order valence-corrected chi connectivity index (χ3v) is 6.16. The number of methoxy groups -OCH3 is 1. The van der Waals surface area contributed by atoms with Crippen molar-refractivity contribution in [2.24, 2.45) is 4.99 Å². The minimum Gasteiger partial charge on any atom is -0.383 e. The molecule has 1 rings (SSSR count). The fraction of sp³-hybridized carbons (Fsp3) is 0.667. The van der Waals surface area contributed by atoms with Gasteiger partial charge in [-0.05, 0) is 51.8 Å². The van der Waals surface area contributed by atoms with E-state index in [4.69, 9.17) is 4.74 Å². The highest BCUT2D eigenvalue weighted by Gasteiger charge is 2.14. The summed E-state index contributed by atoms with van der Waals surface area (Å²) in [5.74, 6) is 0.696. The van der Waals surface area contributed by atoms with Crippen LogP contribution >= 0.6 is 24.0 Å². The quantitative estimate of drug-likeness (QED) is 0.146. The molecule has 0 aliphatic rings. The molecule has 180 valence electrons. The van der Waals surface area contributed by atoms with Gasteiger partial charge in [0.2, 0.25) is 10.0 Å². The van der Waals surface area contributed by atoms with Crippen molar-refractivity contribution in [1.82, 2.24) is 20.3 Å². The highest BCUT2D eigenvalue weighted by Crippen LogP contribution is 2.11. The fourth-order valence-electron chi connectivity index (χ4n) is 3.17. The van der Waals surface area contributed by atoms with Gasteiger partial charge in [0.15, 0.2) is 5.96 Å². The number of hydrogen-bond acceptors (Lipinski definition) is 5. The minimum atomic E-state index is -3.55. The molecule has 0 aliphatic heterocycles. The Morgan fingerprint density at radius 2 is 1.81 bits per heavy atom. The van der Waals surface area contributed by atoms with Gasteiger partial charge < -0.3 is 15.4 Å². The van der Waals surface area contributed by atoms with E-state index in [1.54, 1.807) is 25.2 Å². The highest BCUT2D eigenvalue weighted by molar-refractivity contribution is 14.0. The molecule has 0 unspecified atom stereocenters. The van der Waals surface area contributed by atoms with Crippen molar-refractivity contribution in [1.29, 1.82) is 0 Å². The standard InChI is InChI=1S/C21H39N5O3S.HI/c1-17(2)26(18(3)4)13-8-11-23-21(22-5)24-16-19-9-7-10-20(15-19)30(27,28)25-12-14-29-6;/h7,9-10,15,17-18,25H,8,11-14,16H2,1-6H3,(H2,22,23,24);1H. The summed E-state index contributed by atoms with van der Waals surface area (Å²) < 4.78 is 32.1. The van der Waals surface area contributed by atoms with Gasteiger partial charge in [-0.1, -0.05) is 12.1 Å². The van der Waals surface area contributed by atoms with E-state index in [9.17, 15) is 8.42 Å². The van der Waals surface area contributed by atoms with Crippen LogP contribution in [0.1, 0.15) is 39.7 Å². The molecule has 1 aromatic rings. The summed E-state index contributed by atoms with van der Waals surface area (Å²) in [4.78, 5) is 6.95. The second-order valence-corrected chi connectivity index (χ2v) is 9.44. The van der Waals surface area contributed by atoms with E-state index < -0.39 is 10.0 Å². The number of sulfonamides is 1. The zero-order chi connectivity index (χ0) is 22.6. The molecule has 0 fully saturated rings. The van der Waals surface area contributed by atoms with E-state index in [-0.39, 0.29) is 35.4 Å². The van der Waals surface area contributed by atoms with Crippen LogP contribution in [0, 0.1) is 0 Å². The van der Waals surface area contributed by atoms with Crippen LogP contribution in [0.25, 0.3) is 0 Å². The van der Waals surface area contributed by atoms with Gasteiger partial charge in [-0.3, -0.25) is 9.89 Å². The Morgan fingerprint density at radius 3 is 2.39 bits per heavy atom. The number of rotatable bonds is 13. The van der Waals surface area contributed by atoms with Crippen LogP contribution in [-0.4, -0.2) is 71.8 Å². The molecule has 0 aliphatic carbocycles. The Morgan fingerprint density at radius 1 is 1.13 bits per heavy atom. The van der Waals surface area contributed by atoms with Gasteiger partial charge >= 0.3 is 0 Å². The fourth-order valence-corrected chi connectivity index (χ4v) is 4.25. The summed E-state index contributed by atoms with van der Waals surface area (Å²) in [6.07, 6.45) is 1.01. The van der Waals surface area contributed by atoms with Gasteiger partial charge in [0, 0.05) is 52.4 Å². The molecule has 0 radical (unpaired) electrons. The molecule has 1 aromatic carbocycles. The van der Waals surface area contributed by atoms with Gasteiger partial charge in [0.1, 0.15) is 0 Å². The highest BCUT2D eigenvalue weighted by atomic mass is 127. The molecule has 0 saturated carbocycles. The first-order chi connectivity index (χ1) is 14.2. The first kappa shape index (κ1) is 30.0. The molecule has 31 heavy (non-hydrogen) atoms. The summed E-state index contributed by atoms with van der Waals surface area (Å²) in [6, 6.07) is 7.92. The topological polar surface area (TPSA) is 95.1 Å². The van der Waals surface area contributed by atoms with Crippen LogP contribution in [0.2, 0.25) is 0 Å². The number of nitrogens with zero attached hydrogens (tertiary/aromatic N) is 2. The minimum absolute atomic E-state index is 0. The first-order valence-corrected chi connectivity index (χ1v) is 12.0. The van der Waals surface area contributed by atoms with E-state index in [1.165, 1.54) is 7.11 Å². The lowest BCUT2D eigenvalue weighted by molar-refractivity contribution is 0.173. The van der Waals surface area contributed by atoms with E-state index in [0.717, 1.165) is 25.1 Å². The molecular formula is C21H40IN5O3S. The molecule has 0 atom stereocenters. The normalized spacial score (nSPS) is 12.4. The average molecular weight is 570 g/mol. The zero-order valence-electron chi connectivity index (χ0n) is 19.6. The molecule has 0 heterocycles. The zero-order valence-corrected chi connectivity index (χ0v) is 22.8. The number of nitrogens with one attached hydrogen (secondary N) is 3.